The second-order valence-electron chi connectivity index (χ2n) is 8.76. The van der Waals surface area contributed by atoms with Gasteiger partial charge < -0.3 is 5.32 Å². The molecule has 1 saturated heterocycles. The quantitative estimate of drug-likeness (QED) is 0.546. The number of urea groups is 1. The summed E-state index contributed by atoms with van der Waals surface area (Å²) in [4.78, 5) is 46.8. The molecule has 1 N–H and O–H groups in total. The van der Waals surface area contributed by atoms with Crippen LogP contribution >= 0.6 is 11.3 Å². The number of rotatable bonds is 5. The maximum atomic E-state index is 13.5. The van der Waals surface area contributed by atoms with Crippen LogP contribution in [0.3, 0.4) is 0 Å². The van der Waals surface area contributed by atoms with Crippen LogP contribution in [0.15, 0.2) is 48.5 Å². The first-order valence-electron chi connectivity index (χ1n) is 11.4. The van der Waals surface area contributed by atoms with Gasteiger partial charge in [0, 0.05) is 13.0 Å². The number of fused-ring (bicyclic) bond motifs is 1. The lowest BCUT2D eigenvalue weighted by Gasteiger charge is -2.30. The van der Waals surface area contributed by atoms with Crippen molar-refractivity contribution in [3.8, 4) is 0 Å². The topological polar surface area (TPSA) is 82.6 Å². The van der Waals surface area contributed by atoms with Crippen molar-refractivity contribution in [2.45, 2.75) is 51.0 Å². The van der Waals surface area contributed by atoms with Crippen LogP contribution in [0.5, 0.6) is 0 Å². The normalized spacial score (nSPS) is 17.5. The molecule has 1 spiro atoms. The largest absolute Gasteiger partial charge is 0.325 e. The third kappa shape index (κ3) is 3.88. The number of carbonyl (C=O) groups excluding carboxylic acids is 3. The van der Waals surface area contributed by atoms with Crippen LogP contribution in [0.2, 0.25) is 0 Å². The maximum Gasteiger partial charge on any atom is 0.325 e. The van der Waals surface area contributed by atoms with Gasteiger partial charge >= 0.3 is 6.03 Å². The van der Waals surface area contributed by atoms with Crippen LogP contribution in [0, 0.1) is 6.92 Å². The second kappa shape index (κ2) is 8.59. The number of nitrogens with one attached hydrogen (secondary N) is 1. The average molecular weight is 463 g/mol. The van der Waals surface area contributed by atoms with Crippen LogP contribution in [-0.4, -0.2) is 39.8 Å². The molecule has 1 aliphatic carbocycles. The molecular weight excluding hydrogens is 436 g/mol. The first kappa shape index (κ1) is 21.6. The highest BCUT2D eigenvalue weighted by Gasteiger charge is 2.51. The van der Waals surface area contributed by atoms with Crippen molar-refractivity contribution in [1.29, 1.82) is 0 Å². The van der Waals surface area contributed by atoms with E-state index >= 15 is 0 Å². The summed E-state index contributed by atoms with van der Waals surface area (Å²) in [7, 11) is 0. The summed E-state index contributed by atoms with van der Waals surface area (Å²) in [5.41, 5.74) is 1.75. The molecular formula is C25H26N4O3S. The minimum Gasteiger partial charge on any atom is -0.323 e. The number of hydrogen-bond acceptors (Lipinski definition) is 5. The van der Waals surface area contributed by atoms with Gasteiger partial charge in [-0.25, -0.2) is 9.78 Å². The van der Waals surface area contributed by atoms with Crippen LogP contribution in [0.25, 0.3) is 10.2 Å². The highest BCUT2D eigenvalue weighted by atomic mass is 32.1. The van der Waals surface area contributed by atoms with Crippen molar-refractivity contribution in [2.75, 3.05) is 11.4 Å². The number of hydrogen-bond donors (Lipinski definition) is 1. The molecule has 33 heavy (non-hydrogen) atoms. The number of carbonyl (C=O) groups is 3. The highest BCUT2D eigenvalue weighted by molar-refractivity contribution is 7.22. The average Bonchev–Trinajstić information content (AvgIpc) is 3.33. The standard InChI is InChI=1S/C25H26N4O3S/c1-17-9-3-5-11-19(17)29(24-26-18-10-4-6-12-20(18)33-24)21(30)13-16-28-22(31)25(27-23(28)32)14-7-2-8-15-25/h3-6,9-12H,2,7-8,13-16H2,1H3,(H,27,32). The fourth-order valence-corrected chi connectivity index (χ4v) is 5.80. The molecule has 7 nitrogen and oxygen atoms in total. The molecule has 0 unspecified atom stereocenters. The number of anilines is 2. The molecule has 8 heteroatoms. The van der Waals surface area contributed by atoms with Gasteiger partial charge in [0.15, 0.2) is 5.13 Å². The Balaban J connectivity index is 1.40. The number of thiazole rings is 1. The van der Waals surface area contributed by atoms with Gasteiger partial charge in [0.1, 0.15) is 5.54 Å². The van der Waals surface area contributed by atoms with E-state index in [1.54, 1.807) is 4.90 Å². The lowest BCUT2D eigenvalue weighted by Crippen LogP contribution is -2.48. The van der Waals surface area contributed by atoms with Gasteiger partial charge in [0.25, 0.3) is 5.91 Å². The summed E-state index contributed by atoms with van der Waals surface area (Å²) in [6, 6.07) is 15.0. The molecule has 0 atom stereocenters. The van der Waals surface area contributed by atoms with E-state index in [0.717, 1.165) is 40.7 Å². The molecule has 1 aromatic heterocycles. The van der Waals surface area contributed by atoms with E-state index in [1.165, 1.54) is 16.2 Å². The van der Waals surface area contributed by atoms with E-state index < -0.39 is 11.6 Å². The summed E-state index contributed by atoms with van der Waals surface area (Å²) >= 11 is 1.45. The molecule has 2 aliphatic rings. The zero-order valence-corrected chi connectivity index (χ0v) is 19.4. The summed E-state index contributed by atoms with van der Waals surface area (Å²) in [5.74, 6) is -0.393. The van der Waals surface area contributed by atoms with Crippen molar-refractivity contribution in [1.82, 2.24) is 15.2 Å². The molecule has 170 valence electrons. The van der Waals surface area contributed by atoms with Gasteiger partial charge in [-0.1, -0.05) is 60.9 Å². The van der Waals surface area contributed by atoms with Crippen molar-refractivity contribution in [3.63, 3.8) is 0 Å². The van der Waals surface area contributed by atoms with E-state index in [-0.39, 0.29) is 24.8 Å². The van der Waals surface area contributed by atoms with Crippen molar-refractivity contribution in [3.05, 3.63) is 54.1 Å². The van der Waals surface area contributed by atoms with E-state index in [0.29, 0.717) is 18.0 Å². The van der Waals surface area contributed by atoms with Crippen LogP contribution in [0.1, 0.15) is 44.1 Å². The molecule has 2 heterocycles. The zero-order valence-electron chi connectivity index (χ0n) is 18.5. The van der Waals surface area contributed by atoms with Gasteiger partial charge in [-0.05, 0) is 43.5 Å². The molecule has 1 aliphatic heterocycles. The molecule has 2 aromatic carbocycles. The molecule has 2 fully saturated rings. The molecule has 0 bridgehead atoms. The Morgan fingerprint density at radius 2 is 1.82 bits per heavy atom. The Morgan fingerprint density at radius 1 is 1.09 bits per heavy atom. The molecule has 3 aromatic rings. The Kier molecular flexibility index (Phi) is 5.62. The monoisotopic (exact) mass is 462 g/mol. The minimum atomic E-state index is -0.777. The number of amides is 4. The van der Waals surface area contributed by atoms with Crippen LogP contribution < -0.4 is 10.2 Å². The summed E-state index contributed by atoms with van der Waals surface area (Å²) in [5, 5.41) is 3.49. The minimum absolute atomic E-state index is 0.0273. The third-order valence-electron chi connectivity index (χ3n) is 6.58. The lowest BCUT2D eigenvalue weighted by atomic mass is 9.82. The molecule has 0 radical (unpaired) electrons. The summed E-state index contributed by atoms with van der Waals surface area (Å²) < 4.78 is 0.993. The maximum absolute atomic E-state index is 13.5. The highest BCUT2D eigenvalue weighted by Crippen LogP contribution is 2.36. The van der Waals surface area contributed by atoms with E-state index in [4.69, 9.17) is 4.98 Å². The SMILES string of the molecule is Cc1ccccc1N(C(=O)CCN1C(=O)NC2(CCCCC2)C1=O)c1nc2ccccc2s1. The number of aryl methyl sites for hydroxylation is 1. The smallest absolute Gasteiger partial charge is 0.323 e. The van der Waals surface area contributed by atoms with Gasteiger partial charge in [-0.2, -0.15) is 0 Å². The Bertz CT molecular complexity index is 1200. The fourth-order valence-electron chi connectivity index (χ4n) is 4.81. The van der Waals surface area contributed by atoms with E-state index in [9.17, 15) is 14.4 Å². The van der Waals surface area contributed by atoms with E-state index in [1.807, 2.05) is 55.5 Å². The molecule has 5 rings (SSSR count). The predicted octanol–water partition coefficient (Wildman–Crippen LogP) is 4.91. The predicted molar refractivity (Wildman–Crippen MR) is 129 cm³/mol. The first-order valence-corrected chi connectivity index (χ1v) is 12.2. The van der Waals surface area contributed by atoms with Crippen molar-refractivity contribution < 1.29 is 14.4 Å². The molecule has 1 saturated carbocycles. The van der Waals surface area contributed by atoms with Gasteiger partial charge in [0.05, 0.1) is 15.9 Å². The van der Waals surface area contributed by atoms with Gasteiger partial charge in [-0.15, -0.1) is 0 Å². The summed E-state index contributed by atoms with van der Waals surface area (Å²) in [6.07, 6.45) is 4.30. The van der Waals surface area contributed by atoms with Gasteiger partial charge in [-0.3, -0.25) is 19.4 Å². The fraction of sp³-hybridized carbons (Fsp3) is 0.360. The van der Waals surface area contributed by atoms with E-state index in [2.05, 4.69) is 5.32 Å². The number of para-hydroxylation sites is 2. The van der Waals surface area contributed by atoms with Crippen molar-refractivity contribution in [2.24, 2.45) is 0 Å². The number of benzene rings is 2. The first-order chi connectivity index (χ1) is 16.0. The number of imide groups is 1. The lowest BCUT2D eigenvalue weighted by molar-refractivity contribution is -0.132. The Morgan fingerprint density at radius 3 is 2.58 bits per heavy atom. The Labute approximate surface area is 196 Å². The second-order valence-corrected chi connectivity index (χ2v) is 9.77. The number of aromatic nitrogens is 1. The number of nitrogens with zero attached hydrogens (tertiary/aromatic N) is 3. The molecule has 4 amide bonds. The third-order valence-corrected chi connectivity index (χ3v) is 7.60. The van der Waals surface area contributed by atoms with Crippen molar-refractivity contribution >= 4 is 50.2 Å². The van der Waals surface area contributed by atoms with Crippen LogP contribution in [0.4, 0.5) is 15.6 Å². The van der Waals surface area contributed by atoms with Crippen LogP contribution in [-0.2, 0) is 9.59 Å². The van der Waals surface area contributed by atoms with Gasteiger partial charge in [0.2, 0.25) is 5.91 Å². The summed E-state index contributed by atoms with van der Waals surface area (Å²) in [6.45, 7) is 2.01. The Hall–Kier alpha value is -3.26. The zero-order chi connectivity index (χ0) is 23.0.